The van der Waals surface area contributed by atoms with Crippen LogP contribution in [0.2, 0.25) is 5.02 Å². The minimum atomic E-state index is -0.677. The molecule has 1 N–H and O–H groups in total. The van der Waals surface area contributed by atoms with Gasteiger partial charge >= 0.3 is 0 Å². The van der Waals surface area contributed by atoms with Crippen LogP contribution in [0.4, 0.5) is 10.8 Å². The Balaban J connectivity index is 1.34. The Hall–Kier alpha value is -3.79. The Morgan fingerprint density at radius 1 is 1.11 bits per heavy atom. The molecule has 1 aromatic heterocycles. The summed E-state index contributed by atoms with van der Waals surface area (Å²) in [6.07, 6.45) is 1.52. The Morgan fingerprint density at radius 2 is 1.87 bits per heavy atom. The van der Waals surface area contributed by atoms with Gasteiger partial charge in [0, 0.05) is 29.1 Å². The number of ketones is 1. The van der Waals surface area contributed by atoms with Crippen molar-refractivity contribution in [3.63, 3.8) is 0 Å². The SMILES string of the molecule is C=CCN1C(=O)C(CC(=O)Nc2ccc(Cl)cc2C(=O)c2ccccc2)SC1=Nc1nc2ccccc2s1. The van der Waals surface area contributed by atoms with Crippen LogP contribution in [0.3, 0.4) is 0 Å². The van der Waals surface area contributed by atoms with Crippen molar-refractivity contribution in [1.82, 2.24) is 9.88 Å². The van der Waals surface area contributed by atoms with E-state index in [1.807, 2.05) is 30.3 Å². The van der Waals surface area contributed by atoms with Crippen molar-refractivity contribution in [2.75, 3.05) is 11.9 Å². The topological polar surface area (TPSA) is 91.7 Å². The fourth-order valence-corrected chi connectivity index (χ4v) is 6.16. The first kappa shape index (κ1) is 25.8. The van der Waals surface area contributed by atoms with Gasteiger partial charge in [-0.3, -0.25) is 19.3 Å². The minimum absolute atomic E-state index is 0.0996. The zero-order valence-corrected chi connectivity index (χ0v) is 22.4. The highest BCUT2D eigenvalue weighted by Crippen LogP contribution is 2.35. The van der Waals surface area contributed by atoms with E-state index in [9.17, 15) is 14.4 Å². The smallest absolute Gasteiger partial charge is 0.242 e. The largest absolute Gasteiger partial charge is 0.325 e. The number of carbonyl (C=O) groups excluding carboxylic acids is 3. The number of thiazole rings is 1. The lowest BCUT2D eigenvalue weighted by Crippen LogP contribution is -2.33. The van der Waals surface area contributed by atoms with Gasteiger partial charge in [0.15, 0.2) is 11.0 Å². The average Bonchev–Trinajstić information content (AvgIpc) is 3.46. The van der Waals surface area contributed by atoms with Gasteiger partial charge in [0.05, 0.1) is 15.9 Å². The Morgan fingerprint density at radius 3 is 2.63 bits per heavy atom. The molecule has 2 amide bonds. The second kappa shape index (κ2) is 11.3. The van der Waals surface area contributed by atoms with E-state index < -0.39 is 11.2 Å². The predicted molar refractivity (Wildman–Crippen MR) is 155 cm³/mol. The summed E-state index contributed by atoms with van der Waals surface area (Å²) in [6.45, 7) is 4.01. The van der Waals surface area contributed by atoms with E-state index in [1.54, 1.807) is 42.5 Å². The lowest BCUT2D eigenvalue weighted by atomic mass is 10.0. The van der Waals surface area contributed by atoms with Crippen LogP contribution in [0.5, 0.6) is 0 Å². The number of rotatable bonds is 8. The Kier molecular flexibility index (Phi) is 7.69. The van der Waals surface area contributed by atoms with Gasteiger partial charge in [-0.25, -0.2) is 4.98 Å². The normalized spacial score (nSPS) is 16.2. The van der Waals surface area contributed by atoms with Crippen molar-refractivity contribution < 1.29 is 14.4 Å². The number of aromatic nitrogens is 1. The summed E-state index contributed by atoms with van der Waals surface area (Å²) >= 11 is 8.80. The maximum atomic E-state index is 13.2. The fourth-order valence-electron chi connectivity index (χ4n) is 3.94. The number of nitrogens with one attached hydrogen (secondary N) is 1. The van der Waals surface area contributed by atoms with Crippen molar-refractivity contribution in [1.29, 1.82) is 0 Å². The maximum absolute atomic E-state index is 13.2. The summed E-state index contributed by atoms with van der Waals surface area (Å²) in [6, 6.07) is 21.2. The quantitative estimate of drug-likeness (QED) is 0.201. The number of amides is 2. The molecule has 1 fully saturated rings. The monoisotopic (exact) mass is 560 g/mol. The van der Waals surface area contributed by atoms with Gasteiger partial charge in [0.2, 0.25) is 16.9 Å². The molecular formula is C28H21ClN4O3S2. The molecule has 1 atom stereocenters. The number of hydrogen-bond donors (Lipinski definition) is 1. The molecule has 1 saturated heterocycles. The van der Waals surface area contributed by atoms with Crippen molar-refractivity contribution in [3.05, 3.63) is 102 Å². The summed E-state index contributed by atoms with van der Waals surface area (Å²) in [5, 5.41) is 3.49. The van der Waals surface area contributed by atoms with E-state index in [1.165, 1.54) is 34.1 Å². The fraction of sp³-hybridized carbons (Fsp3) is 0.107. The third kappa shape index (κ3) is 5.55. The second-order valence-corrected chi connectivity index (χ2v) is 11.0. The van der Waals surface area contributed by atoms with Gasteiger partial charge in [0.25, 0.3) is 0 Å². The number of nitrogens with zero attached hydrogens (tertiary/aromatic N) is 3. The van der Waals surface area contributed by atoms with Crippen molar-refractivity contribution in [3.8, 4) is 0 Å². The van der Waals surface area contributed by atoms with Gasteiger partial charge in [-0.1, -0.05) is 83.2 Å². The number of hydrogen-bond acceptors (Lipinski definition) is 7. The lowest BCUT2D eigenvalue weighted by molar-refractivity contribution is -0.127. The zero-order valence-electron chi connectivity index (χ0n) is 20.0. The van der Waals surface area contributed by atoms with Crippen LogP contribution in [-0.2, 0) is 9.59 Å². The highest BCUT2D eigenvalue weighted by molar-refractivity contribution is 8.15. The third-order valence-electron chi connectivity index (χ3n) is 5.71. The molecule has 0 aliphatic carbocycles. The van der Waals surface area contributed by atoms with E-state index in [2.05, 4.69) is 21.9 Å². The number of fused-ring (bicyclic) bond motifs is 1. The number of carbonyl (C=O) groups is 3. The second-order valence-electron chi connectivity index (χ2n) is 8.34. The Bertz CT molecular complexity index is 1550. The molecule has 1 aliphatic rings. The summed E-state index contributed by atoms with van der Waals surface area (Å²) in [4.78, 5) is 50.0. The van der Waals surface area contributed by atoms with Crippen LogP contribution in [0.1, 0.15) is 22.3 Å². The number of aliphatic imine (C=N–C) groups is 1. The molecule has 4 aromatic rings. The molecule has 5 rings (SSSR count). The first-order valence-electron chi connectivity index (χ1n) is 11.7. The maximum Gasteiger partial charge on any atom is 0.242 e. The molecule has 2 heterocycles. The number of benzene rings is 3. The summed E-state index contributed by atoms with van der Waals surface area (Å²) in [5.41, 5.74) is 1.91. The summed E-state index contributed by atoms with van der Waals surface area (Å²) < 4.78 is 0.996. The van der Waals surface area contributed by atoms with Gasteiger partial charge in [-0.15, -0.1) is 6.58 Å². The van der Waals surface area contributed by atoms with Gasteiger partial charge in [-0.2, -0.15) is 4.99 Å². The molecule has 0 radical (unpaired) electrons. The highest BCUT2D eigenvalue weighted by Gasteiger charge is 2.39. The number of thioether (sulfide) groups is 1. The van der Waals surface area contributed by atoms with E-state index in [0.29, 0.717) is 26.6 Å². The number of amidine groups is 1. The summed E-state index contributed by atoms with van der Waals surface area (Å²) in [7, 11) is 0. The van der Waals surface area contributed by atoms with Crippen LogP contribution in [0, 0.1) is 0 Å². The first-order chi connectivity index (χ1) is 18.4. The average molecular weight is 561 g/mol. The van der Waals surface area contributed by atoms with Gasteiger partial charge < -0.3 is 5.32 Å². The molecule has 0 spiro atoms. The third-order valence-corrected chi connectivity index (χ3v) is 8.05. The first-order valence-corrected chi connectivity index (χ1v) is 13.7. The van der Waals surface area contributed by atoms with Gasteiger partial charge in [-0.05, 0) is 30.3 Å². The van der Waals surface area contributed by atoms with Crippen molar-refractivity contribution in [2.24, 2.45) is 4.99 Å². The van der Waals surface area contributed by atoms with Crippen LogP contribution >= 0.6 is 34.7 Å². The molecule has 0 bridgehead atoms. The van der Waals surface area contributed by atoms with Crippen molar-refractivity contribution in [2.45, 2.75) is 11.7 Å². The van der Waals surface area contributed by atoms with Crippen LogP contribution in [-0.4, -0.2) is 44.4 Å². The lowest BCUT2D eigenvalue weighted by Gasteiger charge is -2.14. The number of halogens is 1. The van der Waals surface area contributed by atoms with E-state index in [-0.39, 0.29) is 30.2 Å². The van der Waals surface area contributed by atoms with E-state index >= 15 is 0 Å². The van der Waals surface area contributed by atoms with E-state index in [0.717, 1.165) is 10.2 Å². The molecule has 10 heteroatoms. The number of para-hydroxylation sites is 1. The van der Waals surface area contributed by atoms with E-state index in [4.69, 9.17) is 11.6 Å². The molecule has 1 aliphatic heterocycles. The molecule has 7 nitrogen and oxygen atoms in total. The molecule has 38 heavy (non-hydrogen) atoms. The van der Waals surface area contributed by atoms with Crippen LogP contribution in [0.25, 0.3) is 10.2 Å². The zero-order chi connectivity index (χ0) is 26.6. The molecule has 190 valence electrons. The summed E-state index contributed by atoms with van der Waals surface area (Å²) in [5.74, 6) is -0.904. The molecule has 3 aromatic carbocycles. The standard InChI is InChI=1S/C28H21ClN4O3S2/c1-2-14-33-26(36)23(38-28(33)32-27-31-21-10-6-7-11-22(21)37-27)16-24(34)30-20-13-12-18(29)15-19(20)25(35)17-8-4-3-5-9-17/h2-13,15,23H,1,14,16H2,(H,30,34). The molecule has 1 unspecified atom stereocenters. The van der Waals surface area contributed by atoms with Crippen LogP contribution < -0.4 is 5.32 Å². The molecular weight excluding hydrogens is 540 g/mol. The van der Waals surface area contributed by atoms with Crippen LogP contribution in [0.15, 0.2) is 90.4 Å². The van der Waals surface area contributed by atoms with Gasteiger partial charge in [0.1, 0.15) is 5.25 Å². The predicted octanol–water partition coefficient (Wildman–Crippen LogP) is 6.33. The van der Waals surface area contributed by atoms with Crippen molar-refractivity contribution >= 4 is 78.5 Å². The highest BCUT2D eigenvalue weighted by atomic mass is 35.5. The minimum Gasteiger partial charge on any atom is -0.325 e. The molecule has 0 saturated carbocycles. The number of anilines is 1. The Labute approximate surface area is 232 Å².